The number of rotatable bonds is 3. The molecule has 2 rings (SSSR count). The Labute approximate surface area is 86.0 Å². The molecule has 4 heteroatoms. The minimum absolute atomic E-state index is 0.311. The van der Waals surface area contributed by atoms with E-state index in [1.807, 2.05) is 0 Å². The van der Waals surface area contributed by atoms with Gasteiger partial charge in [0.15, 0.2) is 0 Å². The van der Waals surface area contributed by atoms with Gasteiger partial charge in [0.2, 0.25) is 5.89 Å². The van der Waals surface area contributed by atoms with E-state index in [1.165, 1.54) is 12.8 Å². The van der Waals surface area contributed by atoms with E-state index in [4.69, 9.17) is 4.42 Å². The maximum absolute atomic E-state index is 5.29. The van der Waals surface area contributed by atoms with Crippen LogP contribution in [0.1, 0.15) is 32.6 Å². The van der Waals surface area contributed by atoms with Crippen molar-refractivity contribution in [2.45, 2.75) is 33.1 Å². The average molecular weight is 245 g/mol. The summed E-state index contributed by atoms with van der Waals surface area (Å²) in [5.74, 6) is 1.59. The van der Waals surface area contributed by atoms with E-state index in [9.17, 15) is 0 Å². The molecule has 1 aliphatic rings. The van der Waals surface area contributed by atoms with Crippen molar-refractivity contribution in [2.24, 2.45) is 11.3 Å². The Balaban J connectivity index is 2.04. The third-order valence-electron chi connectivity index (χ3n) is 2.73. The molecule has 0 radical (unpaired) electrons. The second-order valence-electron chi connectivity index (χ2n) is 4.39. The summed E-state index contributed by atoms with van der Waals surface area (Å²) in [4.78, 5) is 0.481. The molecule has 1 aromatic rings. The lowest BCUT2D eigenvalue weighted by Gasteiger charge is -2.21. The van der Waals surface area contributed by atoms with Crippen molar-refractivity contribution in [1.29, 1.82) is 0 Å². The Kier molecular flexibility index (Phi) is 2.18. The predicted molar refractivity (Wildman–Crippen MR) is 52.2 cm³/mol. The van der Waals surface area contributed by atoms with Crippen LogP contribution in [-0.2, 0) is 6.42 Å². The summed E-state index contributed by atoms with van der Waals surface area (Å²) in [5.41, 5.74) is 0.311. The molecule has 1 fully saturated rings. The smallest absolute Gasteiger partial charge is 0.284 e. The van der Waals surface area contributed by atoms with Gasteiger partial charge in [-0.25, -0.2) is 0 Å². The van der Waals surface area contributed by atoms with E-state index >= 15 is 0 Å². The fraction of sp³-hybridized carbons (Fsp3) is 0.778. The van der Waals surface area contributed by atoms with Crippen molar-refractivity contribution in [2.75, 3.05) is 0 Å². The maximum Gasteiger partial charge on any atom is 0.284 e. The van der Waals surface area contributed by atoms with Gasteiger partial charge in [-0.2, -0.15) is 0 Å². The van der Waals surface area contributed by atoms with E-state index in [2.05, 4.69) is 40.0 Å². The zero-order chi connectivity index (χ0) is 9.47. The lowest BCUT2D eigenvalue weighted by Crippen LogP contribution is -2.17. The molecule has 0 unspecified atom stereocenters. The van der Waals surface area contributed by atoms with Crippen molar-refractivity contribution in [1.82, 2.24) is 10.2 Å². The summed E-state index contributed by atoms with van der Waals surface area (Å²) in [6.07, 6.45) is 3.58. The minimum Gasteiger partial charge on any atom is -0.416 e. The van der Waals surface area contributed by atoms with Crippen LogP contribution >= 0.6 is 15.9 Å². The second-order valence-corrected chi connectivity index (χ2v) is 5.07. The molecule has 72 valence electrons. The Hall–Kier alpha value is -0.380. The lowest BCUT2D eigenvalue weighted by atomic mass is 9.84. The normalized spacial score (nSPS) is 17.8. The van der Waals surface area contributed by atoms with Crippen molar-refractivity contribution in [3.8, 4) is 0 Å². The molecule has 1 aliphatic carbocycles. The molecule has 1 aromatic heterocycles. The third kappa shape index (κ3) is 2.10. The highest BCUT2D eigenvalue weighted by atomic mass is 79.9. The standard InChI is InChI=1S/C9H13BrN2O/c1-9(2,6-3-4-6)5-7-11-12-8(10)13-7/h6H,3-5H2,1-2H3. The van der Waals surface area contributed by atoms with Crippen LogP contribution in [0.25, 0.3) is 0 Å². The molecule has 0 bridgehead atoms. The Morgan fingerprint density at radius 3 is 2.62 bits per heavy atom. The second kappa shape index (κ2) is 3.08. The van der Waals surface area contributed by atoms with Gasteiger partial charge in [0.25, 0.3) is 4.80 Å². The van der Waals surface area contributed by atoms with Crippen molar-refractivity contribution in [3.63, 3.8) is 0 Å². The van der Waals surface area contributed by atoms with Crippen LogP contribution in [0.15, 0.2) is 9.22 Å². The molecule has 0 aromatic carbocycles. The quantitative estimate of drug-likeness (QED) is 0.821. The lowest BCUT2D eigenvalue weighted by molar-refractivity contribution is 0.275. The average Bonchev–Trinajstić information content (AvgIpc) is 2.78. The summed E-state index contributed by atoms with van der Waals surface area (Å²) in [5, 5.41) is 7.73. The molecule has 0 spiro atoms. The number of hydrogen-bond acceptors (Lipinski definition) is 3. The van der Waals surface area contributed by atoms with Crippen LogP contribution in [-0.4, -0.2) is 10.2 Å². The highest BCUT2D eigenvalue weighted by molar-refractivity contribution is 9.10. The molecule has 1 heterocycles. The molecule has 13 heavy (non-hydrogen) atoms. The molecular formula is C9H13BrN2O. The molecule has 0 amide bonds. The van der Waals surface area contributed by atoms with Crippen molar-refractivity contribution in [3.05, 3.63) is 10.7 Å². The monoisotopic (exact) mass is 244 g/mol. The van der Waals surface area contributed by atoms with E-state index in [0.717, 1.165) is 18.2 Å². The first kappa shape index (κ1) is 9.19. The van der Waals surface area contributed by atoms with Crippen LogP contribution in [0.5, 0.6) is 0 Å². The Morgan fingerprint density at radius 2 is 2.15 bits per heavy atom. The maximum atomic E-state index is 5.29. The van der Waals surface area contributed by atoms with E-state index in [1.54, 1.807) is 0 Å². The zero-order valence-electron chi connectivity index (χ0n) is 7.88. The molecule has 3 nitrogen and oxygen atoms in total. The van der Waals surface area contributed by atoms with Gasteiger partial charge in [0.05, 0.1) is 0 Å². The highest BCUT2D eigenvalue weighted by Crippen LogP contribution is 2.46. The number of aromatic nitrogens is 2. The number of nitrogens with zero attached hydrogens (tertiary/aromatic N) is 2. The van der Waals surface area contributed by atoms with E-state index < -0.39 is 0 Å². The van der Waals surface area contributed by atoms with Crippen molar-refractivity contribution >= 4 is 15.9 Å². The first-order valence-corrected chi connectivity index (χ1v) is 5.35. The topological polar surface area (TPSA) is 38.9 Å². The molecular weight excluding hydrogens is 232 g/mol. The molecule has 0 aliphatic heterocycles. The summed E-state index contributed by atoms with van der Waals surface area (Å²) in [6, 6.07) is 0. The van der Waals surface area contributed by atoms with E-state index in [0.29, 0.717) is 10.2 Å². The molecule has 1 saturated carbocycles. The van der Waals surface area contributed by atoms with Crippen LogP contribution < -0.4 is 0 Å². The van der Waals surface area contributed by atoms with E-state index in [-0.39, 0.29) is 0 Å². The number of hydrogen-bond donors (Lipinski definition) is 0. The highest BCUT2D eigenvalue weighted by Gasteiger charge is 2.38. The molecule has 0 N–H and O–H groups in total. The van der Waals surface area contributed by atoms with Crippen LogP contribution in [0.2, 0.25) is 0 Å². The first-order valence-electron chi connectivity index (χ1n) is 4.56. The molecule has 0 saturated heterocycles. The van der Waals surface area contributed by atoms with Gasteiger partial charge in [-0.15, -0.1) is 10.2 Å². The Morgan fingerprint density at radius 1 is 1.46 bits per heavy atom. The van der Waals surface area contributed by atoms with Gasteiger partial charge < -0.3 is 4.42 Å². The minimum atomic E-state index is 0.311. The van der Waals surface area contributed by atoms with Gasteiger partial charge in [0.1, 0.15) is 0 Å². The zero-order valence-corrected chi connectivity index (χ0v) is 9.47. The fourth-order valence-corrected chi connectivity index (χ4v) is 1.97. The van der Waals surface area contributed by atoms with Gasteiger partial charge >= 0.3 is 0 Å². The van der Waals surface area contributed by atoms with Crippen LogP contribution in [0, 0.1) is 11.3 Å². The largest absolute Gasteiger partial charge is 0.416 e. The van der Waals surface area contributed by atoms with Gasteiger partial charge in [-0.3, -0.25) is 0 Å². The summed E-state index contributed by atoms with van der Waals surface area (Å²) in [7, 11) is 0. The fourth-order valence-electron chi connectivity index (χ4n) is 1.70. The van der Waals surface area contributed by atoms with Crippen molar-refractivity contribution < 1.29 is 4.42 Å². The van der Waals surface area contributed by atoms with Crippen LogP contribution in [0.3, 0.4) is 0 Å². The van der Waals surface area contributed by atoms with Crippen LogP contribution in [0.4, 0.5) is 0 Å². The third-order valence-corrected chi connectivity index (χ3v) is 3.05. The summed E-state index contributed by atoms with van der Waals surface area (Å²) in [6.45, 7) is 4.53. The predicted octanol–water partition coefficient (Wildman–Crippen LogP) is 2.81. The van der Waals surface area contributed by atoms with Gasteiger partial charge in [-0.05, 0) is 24.2 Å². The number of halogens is 1. The molecule has 0 atom stereocenters. The SMILES string of the molecule is CC(C)(Cc1nnc(Br)o1)C1CC1. The Bertz CT molecular complexity index is 304. The first-order chi connectivity index (χ1) is 6.08. The van der Waals surface area contributed by atoms with Gasteiger partial charge in [0, 0.05) is 22.4 Å². The van der Waals surface area contributed by atoms with Gasteiger partial charge in [-0.1, -0.05) is 13.8 Å². The summed E-state index contributed by atoms with van der Waals surface area (Å²) >= 11 is 3.15. The summed E-state index contributed by atoms with van der Waals surface area (Å²) < 4.78 is 5.29.